The van der Waals surface area contributed by atoms with Crippen molar-refractivity contribution < 1.29 is 4.79 Å². The molecule has 0 radical (unpaired) electrons. The van der Waals surface area contributed by atoms with Crippen LogP contribution in [0.3, 0.4) is 0 Å². The number of nitriles is 1. The van der Waals surface area contributed by atoms with Crippen LogP contribution in [-0.4, -0.2) is 5.78 Å². The summed E-state index contributed by atoms with van der Waals surface area (Å²) in [5.41, 5.74) is 0. The minimum Gasteiger partial charge on any atom is -0.300 e. The third kappa shape index (κ3) is 1.84. The van der Waals surface area contributed by atoms with E-state index >= 15 is 0 Å². The number of hydrogen-bond donors (Lipinski definition) is 0. The molecular weight excluding hydrogens is 126 g/mol. The first-order valence-corrected chi connectivity index (χ1v) is 3.74. The van der Waals surface area contributed by atoms with E-state index in [9.17, 15) is 4.79 Å². The SMILES string of the molecule is N#CC1CCCC(=O)CC1. The highest BCUT2D eigenvalue weighted by molar-refractivity contribution is 5.78. The zero-order valence-electron chi connectivity index (χ0n) is 5.97. The summed E-state index contributed by atoms with van der Waals surface area (Å²) in [7, 11) is 0. The molecule has 1 aliphatic rings. The summed E-state index contributed by atoms with van der Waals surface area (Å²) < 4.78 is 0. The minimum absolute atomic E-state index is 0.145. The average molecular weight is 137 g/mol. The molecule has 1 rings (SSSR count). The largest absolute Gasteiger partial charge is 0.300 e. The fraction of sp³-hybridized carbons (Fsp3) is 0.750. The molecule has 0 saturated heterocycles. The molecule has 0 aliphatic heterocycles. The lowest BCUT2D eigenvalue weighted by Crippen LogP contribution is -1.95. The van der Waals surface area contributed by atoms with E-state index in [0.717, 1.165) is 19.3 Å². The van der Waals surface area contributed by atoms with Crippen molar-refractivity contribution >= 4 is 5.78 Å². The normalized spacial score (nSPS) is 27.1. The molecule has 0 aromatic rings. The van der Waals surface area contributed by atoms with E-state index in [2.05, 4.69) is 6.07 Å². The van der Waals surface area contributed by atoms with Crippen molar-refractivity contribution in [1.82, 2.24) is 0 Å². The van der Waals surface area contributed by atoms with E-state index < -0.39 is 0 Å². The highest BCUT2D eigenvalue weighted by Gasteiger charge is 2.14. The highest BCUT2D eigenvalue weighted by atomic mass is 16.1. The first kappa shape index (κ1) is 7.27. The molecule has 0 aromatic heterocycles. The van der Waals surface area contributed by atoms with Crippen molar-refractivity contribution in [1.29, 1.82) is 5.26 Å². The fourth-order valence-corrected chi connectivity index (χ4v) is 1.28. The second-order valence-corrected chi connectivity index (χ2v) is 2.80. The second-order valence-electron chi connectivity index (χ2n) is 2.80. The van der Waals surface area contributed by atoms with E-state index in [4.69, 9.17) is 5.26 Å². The second kappa shape index (κ2) is 3.36. The summed E-state index contributed by atoms with van der Waals surface area (Å²) in [6.45, 7) is 0. The lowest BCUT2D eigenvalue weighted by atomic mass is 10.0. The van der Waals surface area contributed by atoms with Gasteiger partial charge in [-0.3, -0.25) is 4.79 Å². The van der Waals surface area contributed by atoms with Crippen LogP contribution in [0.2, 0.25) is 0 Å². The van der Waals surface area contributed by atoms with Gasteiger partial charge in [-0.1, -0.05) is 0 Å². The van der Waals surface area contributed by atoms with Gasteiger partial charge in [0.2, 0.25) is 0 Å². The molecule has 10 heavy (non-hydrogen) atoms. The molecule has 1 unspecified atom stereocenters. The predicted molar refractivity (Wildman–Crippen MR) is 37.2 cm³/mol. The van der Waals surface area contributed by atoms with Crippen LogP contribution in [0, 0.1) is 17.2 Å². The number of ketones is 1. The third-order valence-electron chi connectivity index (χ3n) is 1.96. The van der Waals surface area contributed by atoms with E-state index in [1.165, 1.54) is 0 Å². The zero-order valence-corrected chi connectivity index (χ0v) is 5.97. The molecule has 0 heterocycles. The highest BCUT2D eigenvalue weighted by Crippen LogP contribution is 2.19. The summed E-state index contributed by atoms with van der Waals surface area (Å²) in [6, 6.07) is 2.21. The maximum atomic E-state index is 10.8. The maximum absolute atomic E-state index is 10.8. The average Bonchev–Trinajstić information content (AvgIpc) is 2.14. The van der Waals surface area contributed by atoms with Crippen molar-refractivity contribution in [3.05, 3.63) is 0 Å². The molecule has 0 bridgehead atoms. The Kier molecular flexibility index (Phi) is 2.44. The number of rotatable bonds is 0. The molecule has 0 amide bonds. The molecule has 2 heteroatoms. The van der Waals surface area contributed by atoms with Crippen LogP contribution < -0.4 is 0 Å². The van der Waals surface area contributed by atoms with Crippen LogP contribution in [0.1, 0.15) is 32.1 Å². The van der Waals surface area contributed by atoms with Crippen molar-refractivity contribution in [2.24, 2.45) is 5.92 Å². The first-order chi connectivity index (χ1) is 4.83. The Labute approximate surface area is 60.8 Å². The Bertz CT molecular complexity index is 169. The van der Waals surface area contributed by atoms with Gasteiger partial charge in [0.25, 0.3) is 0 Å². The molecule has 0 aromatic carbocycles. The summed E-state index contributed by atoms with van der Waals surface area (Å²) in [5.74, 6) is 0.476. The first-order valence-electron chi connectivity index (χ1n) is 3.74. The predicted octanol–water partition coefficient (Wildman–Crippen LogP) is 1.66. The van der Waals surface area contributed by atoms with Gasteiger partial charge in [0.05, 0.1) is 6.07 Å². The van der Waals surface area contributed by atoms with Gasteiger partial charge in [-0.15, -0.1) is 0 Å². The topological polar surface area (TPSA) is 40.9 Å². The molecule has 2 nitrogen and oxygen atoms in total. The number of nitrogens with zero attached hydrogens (tertiary/aromatic N) is 1. The Hall–Kier alpha value is -0.840. The van der Waals surface area contributed by atoms with Crippen LogP contribution in [0.25, 0.3) is 0 Å². The Balaban J connectivity index is 2.42. The Morgan fingerprint density at radius 3 is 2.90 bits per heavy atom. The number of hydrogen-bond acceptors (Lipinski definition) is 2. The van der Waals surface area contributed by atoms with E-state index in [0.29, 0.717) is 18.6 Å². The van der Waals surface area contributed by atoms with Crippen LogP contribution in [0.5, 0.6) is 0 Å². The van der Waals surface area contributed by atoms with Gasteiger partial charge in [-0.25, -0.2) is 0 Å². The van der Waals surface area contributed by atoms with Gasteiger partial charge in [-0.2, -0.15) is 5.26 Å². The zero-order chi connectivity index (χ0) is 7.40. The Morgan fingerprint density at radius 1 is 1.40 bits per heavy atom. The van der Waals surface area contributed by atoms with Gasteiger partial charge in [0, 0.05) is 18.8 Å². The maximum Gasteiger partial charge on any atom is 0.132 e. The summed E-state index contributed by atoms with van der Waals surface area (Å²) in [4.78, 5) is 10.8. The van der Waals surface area contributed by atoms with Gasteiger partial charge in [-0.05, 0) is 19.3 Å². The molecule has 1 saturated carbocycles. The van der Waals surface area contributed by atoms with Gasteiger partial charge >= 0.3 is 0 Å². The molecule has 1 aliphatic carbocycles. The number of carbonyl (C=O) groups excluding carboxylic acids is 1. The van der Waals surface area contributed by atoms with E-state index in [1.807, 2.05) is 0 Å². The number of Topliss-reactive ketones (excluding diaryl/α,β-unsaturated/α-hetero) is 1. The fourth-order valence-electron chi connectivity index (χ4n) is 1.28. The van der Waals surface area contributed by atoms with Crippen molar-refractivity contribution in [3.63, 3.8) is 0 Å². The van der Waals surface area contributed by atoms with E-state index in [1.54, 1.807) is 0 Å². The van der Waals surface area contributed by atoms with Crippen molar-refractivity contribution in [2.45, 2.75) is 32.1 Å². The lowest BCUT2D eigenvalue weighted by molar-refractivity contribution is -0.118. The lowest BCUT2D eigenvalue weighted by Gasteiger charge is -1.99. The van der Waals surface area contributed by atoms with Crippen LogP contribution >= 0.6 is 0 Å². The van der Waals surface area contributed by atoms with Crippen molar-refractivity contribution in [2.75, 3.05) is 0 Å². The van der Waals surface area contributed by atoms with Crippen LogP contribution in [0.15, 0.2) is 0 Å². The molecule has 1 fully saturated rings. The molecule has 0 N–H and O–H groups in total. The minimum atomic E-state index is 0.145. The van der Waals surface area contributed by atoms with Crippen LogP contribution in [-0.2, 0) is 4.79 Å². The summed E-state index contributed by atoms with van der Waals surface area (Å²) in [6.07, 6.45) is 3.94. The molecule has 0 spiro atoms. The van der Waals surface area contributed by atoms with Gasteiger partial charge in [0.15, 0.2) is 0 Å². The monoisotopic (exact) mass is 137 g/mol. The third-order valence-corrected chi connectivity index (χ3v) is 1.96. The quantitative estimate of drug-likeness (QED) is 0.476. The van der Waals surface area contributed by atoms with Crippen molar-refractivity contribution in [3.8, 4) is 6.07 Å². The molecule has 1 atom stereocenters. The van der Waals surface area contributed by atoms with Gasteiger partial charge < -0.3 is 0 Å². The standard InChI is InChI=1S/C8H11NO/c9-6-7-2-1-3-8(10)5-4-7/h7H,1-5H2. The number of carbonyl (C=O) groups is 1. The smallest absolute Gasteiger partial charge is 0.132 e. The summed E-state index contributed by atoms with van der Waals surface area (Å²) in [5, 5.41) is 8.54. The Morgan fingerprint density at radius 2 is 2.20 bits per heavy atom. The van der Waals surface area contributed by atoms with E-state index in [-0.39, 0.29) is 5.92 Å². The van der Waals surface area contributed by atoms with Crippen LogP contribution in [0.4, 0.5) is 0 Å². The summed E-state index contributed by atoms with van der Waals surface area (Å²) >= 11 is 0. The van der Waals surface area contributed by atoms with Gasteiger partial charge in [0.1, 0.15) is 5.78 Å². The molecular formula is C8H11NO. The molecule has 54 valence electrons.